The van der Waals surface area contributed by atoms with Gasteiger partial charge in [0.15, 0.2) is 11.9 Å². The maximum absolute atomic E-state index is 12.7. The number of ether oxygens (including phenoxy) is 1. The number of aromatic nitrogens is 2. The van der Waals surface area contributed by atoms with Crippen molar-refractivity contribution in [3.8, 4) is 5.75 Å². The van der Waals surface area contributed by atoms with Gasteiger partial charge < -0.3 is 9.30 Å². The van der Waals surface area contributed by atoms with Crippen molar-refractivity contribution in [2.24, 2.45) is 5.41 Å². The smallest absolute Gasteiger partial charge is 0.180 e. The largest absolute Gasteiger partial charge is 0.479 e. The number of hydrogen-bond acceptors (Lipinski definition) is 3. The molecule has 0 spiro atoms. The van der Waals surface area contributed by atoms with Crippen LogP contribution in [0.25, 0.3) is 0 Å². The summed E-state index contributed by atoms with van der Waals surface area (Å²) in [5.41, 5.74) is -0.531. The molecule has 0 amide bonds. The maximum atomic E-state index is 12.7. The fourth-order valence-corrected chi connectivity index (χ4v) is 2.29. The van der Waals surface area contributed by atoms with Crippen LogP contribution in [0, 0.1) is 5.41 Å². The van der Waals surface area contributed by atoms with Gasteiger partial charge in [-0.2, -0.15) is 0 Å². The third-order valence-electron chi connectivity index (χ3n) is 3.13. The number of halogens is 2. The van der Waals surface area contributed by atoms with Gasteiger partial charge >= 0.3 is 0 Å². The van der Waals surface area contributed by atoms with Crippen LogP contribution in [0.1, 0.15) is 20.8 Å². The summed E-state index contributed by atoms with van der Waals surface area (Å²) in [6.45, 7) is 5.94. The molecule has 0 fully saturated rings. The predicted molar refractivity (Wildman–Crippen MR) is 87.6 cm³/mol. The predicted octanol–water partition coefficient (Wildman–Crippen LogP) is 4.25. The van der Waals surface area contributed by atoms with E-state index in [-0.39, 0.29) is 5.78 Å². The van der Waals surface area contributed by atoms with Crippen LogP contribution in [-0.4, -0.2) is 21.4 Å². The van der Waals surface area contributed by atoms with E-state index in [1.54, 1.807) is 41.5 Å². The number of ketones is 1. The number of Topliss-reactive ketones (excluding diaryl/α,β-unsaturated/α-hetero) is 1. The lowest BCUT2D eigenvalue weighted by molar-refractivity contribution is -0.134. The Labute approximate surface area is 140 Å². The molecule has 6 heteroatoms. The highest BCUT2D eigenvalue weighted by atomic mass is 35.5. The van der Waals surface area contributed by atoms with E-state index in [1.165, 1.54) is 0 Å². The van der Waals surface area contributed by atoms with Crippen LogP contribution in [0.15, 0.2) is 36.9 Å². The molecule has 1 heterocycles. The maximum Gasteiger partial charge on any atom is 0.180 e. The first-order valence-corrected chi connectivity index (χ1v) is 7.65. The highest BCUT2D eigenvalue weighted by Gasteiger charge is 2.32. The normalized spacial score (nSPS) is 13.0. The summed E-state index contributed by atoms with van der Waals surface area (Å²) in [5, 5.41) is 0.922. The fourth-order valence-electron chi connectivity index (χ4n) is 1.96. The Morgan fingerprint density at radius 3 is 2.68 bits per heavy atom. The number of benzene rings is 1. The molecule has 2 rings (SSSR count). The van der Waals surface area contributed by atoms with Crippen molar-refractivity contribution in [2.75, 3.05) is 0 Å². The van der Waals surface area contributed by atoms with E-state index >= 15 is 0 Å². The third-order valence-corrected chi connectivity index (χ3v) is 3.68. The Balaban J connectivity index is 2.27. The molecular formula is C16H18Cl2N2O2. The summed E-state index contributed by atoms with van der Waals surface area (Å²) in [6, 6.07) is 4.93. The van der Waals surface area contributed by atoms with Crippen molar-refractivity contribution in [2.45, 2.75) is 33.4 Å². The zero-order valence-electron chi connectivity index (χ0n) is 12.7. The summed E-state index contributed by atoms with van der Waals surface area (Å²) in [5.74, 6) is 0.383. The van der Waals surface area contributed by atoms with Gasteiger partial charge in [-0.1, -0.05) is 44.0 Å². The number of carbonyl (C=O) groups is 1. The van der Waals surface area contributed by atoms with Crippen molar-refractivity contribution in [3.05, 3.63) is 47.0 Å². The van der Waals surface area contributed by atoms with Crippen LogP contribution < -0.4 is 4.74 Å². The van der Waals surface area contributed by atoms with Crippen molar-refractivity contribution >= 4 is 29.0 Å². The van der Waals surface area contributed by atoms with Crippen molar-refractivity contribution < 1.29 is 9.53 Å². The van der Waals surface area contributed by atoms with E-state index in [4.69, 9.17) is 27.9 Å². The minimum absolute atomic E-state index is 0.0164. The summed E-state index contributed by atoms with van der Waals surface area (Å²) in [4.78, 5) is 16.6. The number of hydrogen-bond donors (Lipinski definition) is 0. The van der Waals surface area contributed by atoms with Crippen molar-refractivity contribution in [1.29, 1.82) is 0 Å². The van der Waals surface area contributed by atoms with E-state index in [0.29, 0.717) is 22.3 Å². The number of rotatable bonds is 5. The lowest BCUT2D eigenvalue weighted by atomic mass is 9.87. The average molecular weight is 341 g/mol. The van der Waals surface area contributed by atoms with E-state index in [9.17, 15) is 4.79 Å². The van der Waals surface area contributed by atoms with Gasteiger partial charge in [-0.25, -0.2) is 4.98 Å². The fraction of sp³-hybridized carbons (Fsp3) is 0.375. The Morgan fingerprint density at radius 2 is 2.09 bits per heavy atom. The summed E-state index contributed by atoms with van der Waals surface area (Å²) in [7, 11) is 0. The molecule has 1 atom stereocenters. The first kappa shape index (κ1) is 16.8. The second-order valence-electron chi connectivity index (χ2n) is 6.05. The standard InChI is InChI=1S/C16H18Cl2N2O2/c1-16(2,3)15(21)14(9-20-7-6-19-10-20)22-13-8-11(17)4-5-12(13)18/h4-8,10,14H,9H2,1-3H3. The quantitative estimate of drug-likeness (QED) is 0.816. The monoisotopic (exact) mass is 340 g/mol. The Bertz CT molecular complexity index is 649. The van der Waals surface area contributed by atoms with Gasteiger partial charge in [-0.05, 0) is 12.1 Å². The molecule has 22 heavy (non-hydrogen) atoms. The van der Waals surface area contributed by atoms with E-state index < -0.39 is 11.5 Å². The molecule has 118 valence electrons. The summed E-state index contributed by atoms with van der Waals surface area (Å²) >= 11 is 12.1. The summed E-state index contributed by atoms with van der Waals surface area (Å²) < 4.78 is 7.67. The van der Waals surface area contributed by atoms with E-state index in [0.717, 1.165) is 0 Å². The zero-order chi connectivity index (χ0) is 16.3. The molecule has 0 aliphatic carbocycles. The number of imidazole rings is 1. The SMILES string of the molecule is CC(C)(C)C(=O)C(Cn1ccnc1)Oc1cc(Cl)ccc1Cl. The van der Waals surface area contributed by atoms with Gasteiger partial charge in [0.1, 0.15) is 5.75 Å². The Kier molecular flexibility index (Phi) is 5.14. The minimum atomic E-state index is -0.676. The highest BCUT2D eigenvalue weighted by Crippen LogP contribution is 2.30. The molecule has 0 aliphatic rings. The van der Waals surface area contributed by atoms with Crippen molar-refractivity contribution in [1.82, 2.24) is 9.55 Å². The van der Waals surface area contributed by atoms with Gasteiger partial charge in [0.2, 0.25) is 0 Å². The molecule has 0 saturated heterocycles. The molecule has 0 aliphatic heterocycles. The molecule has 4 nitrogen and oxygen atoms in total. The topological polar surface area (TPSA) is 44.1 Å². The molecule has 1 aromatic carbocycles. The summed E-state index contributed by atoms with van der Waals surface area (Å²) in [6.07, 6.45) is 4.41. The van der Waals surface area contributed by atoms with Crippen LogP contribution in [0.5, 0.6) is 5.75 Å². The Hall–Kier alpha value is -1.52. The molecule has 2 aromatic rings. The van der Waals surface area contributed by atoms with E-state index in [1.807, 2.05) is 20.8 Å². The molecule has 1 aromatic heterocycles. The first-order chi connectivity index (χ1) is 10.3. The highest BCUT2D eigenvalue weighted by molar-refractivity contribution is 6.34. The lowest BCUT2D eigenvalue weighted by Gasteiger charge is -2.26. The van der Waals surface area contributed by atoms with Gasteiger partial charge in [0, 0.05) is 28.9 Å². The van der Waals surface area contributed by atoms with Crippen LogP contribution in [0.3, 0.4) is 0 Å². The van der Waals surface area contributed by atoms with Gasteiger partial charge in [-0.3, -0.25) is 4.79 Å². The molecule has 0 radical (unpaired) electrons. The van der Waals surface area contributed by atoms with Crippen LogP contribution in [-0.2, 0) is 11.3 Å². The second kappa shape index (κ2) is 6.71. The molecule has 1 unspecified atom stereocenters. The van der Waals surface area contributed by atoms with E-state index in [2.05, 4.69) is 4.98 Å². The number of nitrogens with zero attached hydrogens (tertiary/aromatic N) is 2. The zero-order valence-corrected chi connectivity index (χ0v) is 14.2. The second-order valence-corrected chi connectivity index (χ2v) is 6.90. The Morgan fingerprint density at radius 1 is 1.36 bits per heavy atom. The van der Waals surface area contributed by atoms with Crippen molar-refractivity contribution in [3.63, 3.8) is 0 Å². The van der Waals surface area contributed by atoms with Gasteiger partial charge in [-0.15, -0.1) is 0 Å². The lowest BCUT2D eigenvalue weighted by Crippen LogP contribution is -2.39. The molecular weight excluding hydrogens is 323 g/mol. The van der Waals surface area contributed by atoms with Gasteiger partial charge in [0.05, 0.1) is 17.9 Å². The van der Waals surface area contributed by atoms with Crippen LogP contribution >= 0.6 is 23.2 Å². The first-order valence-electron chi connectivity index (χ1n) is 6.89. The van der Waals surface area contributed by atoms with Crippen LogP contribution in [0.2, 0.25) is 10.0 Å². The minimum Gasteiger partial charge on any atom is -0.479 e. The van der Waals surface area contributed by atoms with Crippen LogP contribution in [0.4, 0.5) is 0 Å². The molecule has 0 saturated carbocycles. The van der Waals surface area contributed by atoms with Gasteiger partial charge in [0.25, 0.3) is 0 Å². The third kappa shape index (κ3) is 4.24. The molecule has 0 bridgehead atoms. The molecule has 0 N–H and O–H groups in total. The average Bonchev–Trinajstić information content (AvgIpc) is 2.93. The number of carbonyl (C=O) groups excluding carboxylic acids is 1.